The molecular formula is C24H27N3O4S3. The third kappa shape index (κ3) is 4.55. The van der Waals surface area contributed by atoms with E-state index in [0.717, 1.165) is 40.6 Å². The third-order valence-corrected chi connectivity index (χ3v) is 10.5. The highest BCUT2D eigenvalue weighted by atomic mass is 32.2. The summed E-state index contributed by atoms with van der Waals surface area (Å²) in [5.74, 6) is 0.152. The summed E-state index contributed by atoms with van der Waals surface area (Å²) >= 11 is 2.86. The third-order valence-electron chi connectivity index (χ3n) is 6.61. The Morgan fingerprint density at radius 3 is 2.76 bits per heavy atom. The lowest BCUT2D eigenvalue weighted by Gasteiger charge is -2.26. The van der Waals surface area contributed by atoms with Gasteiger partial charge < -0.3 is 4.90 Å². The maximum atomic E-state index is 13.6. The molecule has 1 aromatic carbocycles. The van der Waals surface area contributed by atoms with E-state index >= 15 is 0 Å². The molecule has 2 aliphatic rings. The molecule has 2 aromatic heterocycles. The van der Waals surface area contributed by atoms with Crippen molar-refractivity contribution in [3.8, 4) is 0 Å². The maximum Gasteiger partial charge on any atom is 0.263 e. The molecule has 7 nitrogen and oxygen atoms in total. The van der Waals surface area contributed by atoms with Gasteiger partial charge in [-0.15, -0.1) is 11.3 Å². The van der Waals surface area contributed by atoms with Gasteiger partial charge in [0.05, 0.1) is 29.2 Å². The summed E-state index contributed by atoms with van der Waals surface area (Å²) in [4.78, 5) is 35.2. The van der Waals surface area contributed by atoms with Crippen molar-refractivity contribution in [2.75, 3.05) is 23.8 Å². The number of benzene rings is 1. The maximum absolute atomic E-state index is 13.6. The molecule has 1 aliphatic carbocycles. The fraction of sp³-hybridized carbons (Fsp3) is 0.458. The van der Waals surface area contributed by atoms with E-state index in [1.54, 1.807) is 20.8 Å². The first-order chi connectivity index (χ1) is 16.4. The molecule has 3 heterocycles. The molecule has 0 saturated carbocycles. The lowest BCUT2D eigenvalue weighted by Crippen LogP contribution is -2.42. The lowest BCUT2D eigenvalue weighted by molar-refractivity contribution is -0.129. The van der Waals surface area contributed by atoms with E-state index in [1.807, 2.05) is 37.3 Å². The van der Waals surface area contributed by atoms with Crippen molar-refractivity contribution < 1.29 is 13.2 Å². The second-order valence-corrected chi connectivity index (χ2v) is 13.1. The average molecular weight is 518 g/mol. The normalized spacial score (nSPS) is 18.9. The molecule has 0 bridgehead atoms. The standard InChI is InChI=1S/C24H27N3O4S3/c1-2-26(17-11-12-34(30,31)15-17)20(28)14-32-24-25-22-21(18-9-6-10-19(18)33-22)23(29)27(24)13-16-7-4-3-5-8-16/h3-5,7-8,17H,2,6,9-15H2,1H3/t17-/m0/s1. The van der Waals surface area contributed by atoms with Crippen molar-refractivity contribution in [1.82, 2.24) is 14.5 Å². The highest BCUT2D eigenvalue weighted by Crippen LogP contribution is 2.35. The van der Waals surface area contributed by atoms with Crippen LogP contribution in [0.25, 0.3) is 10.2 Å². The lowest BCUT2D eigenvalue weighted by atomic mass is 10.2. The van der Waals surface area contributed by atoms with E-state index in [-0.39, 0.29) is 34.8 Å². The molecule has 0 radical (unpaired) electrons. The number of thioether (sulfide) groups is 1. The van der Waals surface area contributed by atoms with Crippen LogP contribution < -0.4 is 5.56 Å². The number of sulfone groups is 1. The number of hydrogen-bond acceptors (Lipinski definition) is 7. The van der Waals surface area contributed by atoms with Gasteiger partial charge in [-0.2, -0.15) is 0 Å². The highest BCUT2D eigenvalue weighted by molar-refractivity contribution is 7.99. The van der Waals surface area contributed by atoms with E-state index in [9.17, 15) is 18.0 Å². The zero-order valence-corrected chi connectivity index (χ0v) is 21.5. The number of fused-ring (bicyclic) bond motifs is 3. The molecule has 34 heavy (non-hydrogen) atoms. The number of thiophene rings is 1. The zero-order valence-electron chi connectivity index (χ0n) is 19.0. The van der Waals surface area contributed by atoms with Gasteiger partial charge in [0.25, 0.3) is 5.56 Å². The number of aromatic nitrogens is 2. The van der Waals surface area contributed by atoms with Crippen LogP contribution in [0.5, 0.6) is 0 Å². The van der Waals surface area contributed by atoms with Crippen LogP contribution in [0.2, 0.25) is 0 Å². The van der Waals surface area contributed by atoms with Gasteiger partial charge in [0.1, 0.15) is 4.83 Å². The monoisotopic (exact) mass is 517 g/mol. The topological polar surface area (TPSA) is 89.3 Å². The SMILES string of the molecule is CCN(C(=O)CSc1nc2sc3c(c2c(=O)n1Cc1ccccc1)CCC3)[C@H]1CCS(=O)(=O)C1. The molecular weight excluding hydrogens is 490 g/mol. The number of carbonyl (C=O) groups is 1. The van der Waals surface area contributed by atoms with Crippen molar-refractivity contribution in [3.63, 3.8) is 0 Å². The minimum absolute atomic E-state index is 0.0287. The zero-order chi connectivity index (χ0) is 23.9. The second-order valence-electron chi connectivity index (χ2n) is 8.83. The Morgan fingerprint density at radius 2 is 2.06 bits per heavy atom. The van der Waals surface area contributed by atoms with E-state index < -0.39 is 9.84 Å². The molecule has 1 amide bonds. The van der Waals surface area contributed by atoms with Crippen molar-refractivity contribution in [2.45, 2.75) is 50.4 Å². The Balaban J connectivity index is 1.45. The number of carbonyl (C=O) groups excluding carboxylic acids is 1. The quantitative estimate of drug-likeness (QED) is 0.353. The number of amides is 1. The smallest absolute Gasteiger partial charge is 0.263 e. The Labute approximate surface area is 207 Å². The van der Waals surface area contributed by atoms with Crippen LogP contribution in [0.4, 0.5) is 0 Å². The van der Waals surface area contributed by atoms with Gasteiger partial charge in [0.15, 0.2) is 15.0 Å². The van der Waals surface area contributed by atoms with Gasteiger partial charge >= 0.3 is 0 Å². The van der Waals surface area contributed by atoms with Crippen LogP contribution in [-0.2, 0) is 34.0 Å². The van der Waals surface area contributed by atoms with E-state index in [4.69, 9.17) is 4.98 Å². The molecule has 10 heteroatoms. The first kappa shape index (κ1) is 23.6. The number of rotatable bonds is 7. The van der Waals surface area contributed by atoms with Crippen LogP contribution in [0, 0.1) is 0 Å². The van der Waals surface area contributed by atoms with Gasteiger partial charge in [-0.1, -0.05) is 42.1 Å². The van der Waals surface area contributed by atoms with Crippen LogP contribution in [0.15, 0.2) is 40.3 Å². The van der Waals surface area contributed by atoms with Crippen molar-refractivity contribution >= 4 is 49.1 Å². The molecule has 180 valence electrons. The summed E-state index contributed by atoms with van der Waals surface area (Å²) in [7, 11) is -3.08. The average Bonchev–Trinajstić information content (AvgIpc) is 3.50. The Morgan fingerprint density at radius 1 is 1.26 bits per heavy atom. The molecule has 5 rings (SSSR count). The van der Waals surface area contributed by atoms with Gasteiger partial charge in [0, 0.05) is 17.5 Å². The first-order valence-corrected chi connectivity index (χ1v) is 15.2. The summed E-state index contributed by atoms with van der Waals surface area (Å²) in [6.07, 6.45) is 3.46. The minimum Gasteiger partial charge on any atom is -0.338 e. The number of hydrogen-bond donors (Lipinski definition) is 0. The Kier molecular flexibility index (Phi) is 6.56. The van der Waals surface area contributed by atoms with Crippen molar-refractivity contribution in [1.29, 1.82) is 0 Å². The molecule has 0 spiro atoms. The van der Waals surface area contributed by atoms with Crippen molar-refractivity contribution in [2.24, 2.45) is 0 Å². The molecule has 0 unspecified atom stereocenters. The predicted octanol–water partition coefficient (Wildman–Crippen LogP) is 3.12. The number of nitrogens with zero attached hydrogens (tertiary/aromatic N) is 3. The summed E-state index contributed by atoms with van der Waals surface area (Å²) in [6, 6.07) is 9.52. The van der Waals surface area contributed by atoms with Crippen LogP contribution in [-0.4, -0.2) is 58.6 Å². The van der Waals surface area contributed by atoms with E-state index in [1.165, 1.54) is 16.6 Å². The fourth-order valence-corrected chi connectivity index (χ4v) is 8.86. The van der Waals surface area contributed by atoms with Gasteiger partial charge in [-0.05, 0) is 43.7 Å². The van der Waals surface area contributed by atoms with E-state index in [0.29, 0.717) is 24.7 Å². The summed E-state index contributed by atoms with van der Waals surface area (Å²) < 4.78 is 25.5. The largest absolute Gasteiger partial charge is 0.338 e. The van der Waals surface area contributed by atoms with Gasteiger partial charge in [0.2, 0.25) is 5.91 Å². The summed E-state index contributed by atoms with van der Waals surface area (Å²) in [6.45, 7) is 2.72. The van der Waals surface area contributed by atoms with Crippen LogP contribution in [0.1, 0.15) is 35.8 Å². The molecule has 1 aliphatic heterocycles. The minimum atomic E-state index is -3.08. The highest BCUT2D eigenvalue weighted by Gasteiger charge is 2.34. The summed E-state index contributed by atoms with van der Waals surface area (Å²) in [5.41, 5.74) is 2.10. The van der Waals surface area contributed by atoms with Crippen molar-refractivity contribution in [3.05, 3.63) is 56.7 Å². The fourth-order valence-electron chi connectivity index (χ4n) is 4.94. The summed E-state index contributed by atoms with van der Waals surface area (Å²) in [5, 5.41) is 1.26. The van der Waals surface area contributed by atoms with Crippen LogP contribution in [0.3, 0.4) is 0 Å². The predicted molar refractivity (Wildman–Crippen MR) is 137 cm³/mol. The molecule has 1 saturated heterocycles. The number of aryl methyl sites for hydroxylation is 2. The van der Waals surface area contributed by atoms with Gasteiger partial charge in [-0.3, -0.25) is 14.2 Å². The molecule has 3 aromatic rings. The molecule has 1 fully saturated rings. The van der Waals surface area contributed by atoms with Gasteiger partial charge in [-0.25, -0.2) is 13.4 Å². The molecule has 1 atom stereocenters. The first-order valence-electron chi connectivity index (χ1n) is 11.6. The second kappa shape index (κ2) is 9.47. The Hall–Kier alpha value is -2.17. The Bertz CT molecular complexity index is 1400. The van der Waals surface area contributed by atoms with Crippen LogP contribution >= 0.6 is 23.1 Å². The molecule has 0 N–H and O–H groups in total. The van der Waals surface area contributed by atoms with E-state index in [2.05, 4.69) is 0 Å².